The molecule has 0 radical (unpaired) electrons. The van der Waals surface area contributed by atoms with E-state index in [1.54, 1.807) is 13.8 Å². The number of carboxylic acid groups (broad SMARTS) is 1. The summed E-state index contributed by atoms with van der Waals surface area (Å²) in [6.07, 6.45) is 4.98. The maximum atomic E-state index is 11.1. The zero-order valence-electron chi connectivity index (χ0n) is 11.0. The van der Waals surface area contributed by atoms with Gasteiger partial charge in [-0.25, -0.2) is 0 Å². The number of hydrogen-bond acceptors (Lipinski definition) is 2. The molecule has 0 bridgehead atoms. The minimum Gasteiger partial charge on any atom is -0.481 e. The Hall–Kier alpha value is -1.29. The van der Waals surface area contributed by atoms with Crippen LogP contribution in [-0.4, -0.2) is 22.7 Å². The smallest absolute Gasteiger partial charge is 0.310 e. The van der Waals surface area contributed by atoms with Crippen LogP contribution in [0.15, 0.2) is 18.5 Å². The fourth-order valence-corrected chi connectivity index (χ4v) is 1.89. The third-order valence-corrected chi connectivity index (χ3v) is 3.09. The van der Waals surface area contributed by atoms with Crippen LogP contribution in [0.4, 0.5) is 0 Å². The van der Waals surface area contributed by atoms with Gasteiger partial charge in [-0.15, -0.1) is 0 Å². The molecule has 17 heavy (non-hydrogen) atoms. The number of hydrogen-bond donors (Lipinski definition) is 2. The van der Waals surface area contributed by atoms with Crippen LogP contribution in [0.2, 0.25) is 0 Å². The van der Waals surface area contributed by atoms with Gasteiger partial charge in [0.25, 0.3) is 0 Å². The standard InChI is InChI=1S/C13H22N2O2/c1-5-11(14-4)10-6-7-15(8-10)9-13(2,3)12(16)17/h6-8,11,14H,5,9H2,1-4H3,(H,16,17). The van der Waals surface area contributed by atoms with Gasteiger partial charge in [-0.1, -0.05) is 6.92 Å². The van der Waals surface area contributed by atoms with E-state index >= 15 is 0 Å². The largest absolute Gasteiger partial charge is 0.481 e. The van der Waals surface area contributed by atoms with Crippen molar-refractivity contribution in [3.8, 4) is 0 Å². The van der Waals surface area contributed by atoms with E-state index in [0.29, 0.717) is 12.6 Å². The van der Waals surface area contributed by atoms with Crippen molar-refractivity contribution in [2.45, 2.75) is 39.8 Å². The fraction of sp³-hybridized carbons (Fsp3) is 0.615. The van der Waals surface area contributed by atoms with Crippen molar-refractivity contribution in [1.82, 2.24) is 9.88 Å². The molecule has 0 spiro atoms. The molecule has 1 rings (SSSR count). The maximum absolute atomic E-state index is 11.1. The average molecular weight is 238 g/mol. The Bertz CT molecular complexity index is 379. The Labute approximate surface area is 103 Å². The molecule has 4 heteroatoms. The lowest BCUT2D eigenvalue weighted by atomic mass is 9.94. The van der Waals surface area contributed by atoms with Gasteiger partial charge >= 0.3 is 5.97 Å². The highest BCUT2D eigenvalue weighted by Crippen LogP contribution is 2.21. The first-order valence-electron chi connectivity index (χ1n) is 5.97. The van der Waals surface area contributed by atoms with Crippen molar-refractivity contribution in [2.75, 3.05) is 7.05 Å². The van der Waals surface area contributed by atoms with Crippen LogP contribution in [0, 0.1) is 5.41 Å². The predicted octanol–water partition coefficient (Wildman–Crippen LogP) is 2.27. The van der Waals surface area contributed by atoms with Crippen LogP contribution in [0.3, 0.4) is 0 Å². The highest BCUT2D eigenvalue weighted by atomic mass is 16.4. The topological polar surface area (TPSA) is 54.3 Å². The van der Waals surface area contributed by atoms with Gasteiger partial charge in [-0.3, -0.25) is 4.79 Å². The Balaban J connectivity index is 2.78. The summed E-state index contributed by atoms with van der Waals surface area (Å²) < 4.78 is 1.95. The molecular weight excluding hydrogens is 216 g/mol. The predicted molar refractivity (Wildman–Crippen MR) is 67.9 cm³/mol. The summed E-state index contributed by atoms with van der Waals surface area (Å²) in [6.45, 7) is 6.09. The molecule has 2 N–H and O–H groups in total. The summed E-state index contributed by atoms with van der Waals surface area (Å²) in [6, 6.07) is 2.38. The summed E-state index contributed by atoms with van der Waals surface area (Å²) in [4.78, 5) is 11.1. The molecule has 0 fully saturated rings. The van der Waals surface area contributed by atoms with E-state index < -0.39 is 11.4 Å². The first kappa shape index (κ1) is 13.8. The van der Waals surface area contributed by atoms with Crippen molar-refractivity contribution in [3.05, 3.63) is 24.0 Å². The normalized spacial score (nSPS) is 13.6. The monoisotopic (exact) mass is 238 g/mol. The van der Waals surface area contributed by atoms with Crippen LogP contribution in [-0.2, 0) is 11.3 Å². The van der Waals surface area contributed by atoms with Crippen LogP contribution >= 0.6 is 0 Å². The maximum Gasteiger partial charge on any atom is 0.310 e. The molecule has 4 nitrogen and oxygen atoms in total. The minimum atomic E-state index is -0.770. The lowest BCUT2D eigenvalue weighted by molar-refractivity contribution is -0.147. The highest BCUT2D eigenvalue weighted by Gasteiger charge is 2.27. The number of aromatic nitrogens is 1. The lowest BCUT2D eigenvalue weighted by Gasteiger charge is -2.19. The minimum absolute atomic E-state index is 0.337. The molecule has 1 heterocycles. The molecule has 1 aromatic rings. The summed E-state index contributed by atoms with van der Waals surface area (Å²) >= 11 is 0. The Kier molecular flexibility index (Phi) is 4.34. The van der Waals surface area contributed by atoms with E-state index in [1.165, 1.54) is 5.56 Å². The summed E-state index contributed by atoms with van der Waals surface area (Å²) in [7, 11) is 1.94. The van der Waals surface area contributed by atoms with Crippen LogP contribution in [0.25, 0.3) is 0 Å². The SMILES string of the molecule is CCC(NC)c1ccn(CC(C)(C)C(=O)O)c1. The molecule has 0 aromatic carbocycles. The third kappa shape index (κ3) is 3.33. The van der Waals surface area contributed by atoms with E-state index in [4.69, 9.17) is 5.11 Å². The van der Waals surface area contributed by atoms with Crippen LogP contribution in [0.5, 0.6) is 0 Å². The zero-order valence-corrected chi connectivity index (χ0v) is 11.0. The second-order valence-electron chi connectivity index (χ2n) is 5.06. The molecule has 1 unspecified atom stereocenters. The second kappa shape index (κ2) is 5.36. The van der Waals surface area contributed by atoms with Gasteiger partial charge in [0.1, 0.15) is 0 Å². The molecule has 0 aliphatic heterocycles. The first-order chi connectivity index (χ1) is 7.90. The summed E-state index contributed by atoms with van der Waals surface area (Å²) in [5.74, 6) is -0.770. The summed E-state index contributed by atoms with van der Waals surface area (Å²) in [5, 5.41) is 12.3. The highest BCUT2D eigenvalue weighted by molar-refractivity contribution is 5.73. The van der Waals surface area contributed by atoms with Gasteiger partial charge in [0.05, 0.1) is 5.41 Å². The molecule has 0 amide bonds. The van der Waals surface area contributed by atoms with Gasteiger partial charge in [-0.2, -0.15) is 0 Å². The van der Waals surface area contributed by atoms with Crippen LogP contribution < -0.4 is 5.32 Å². The van der Waals surface area contributed by atoms with E-state index in [9.17, 15) is 4.79 Å². The molecule has 96 valence electrons. The number of nitrogens with one attached hydrogen (secondary N) is 1. The van der Waals surface area contributed by atoms with Crippen LogP contribution in [0.1, 0.15) is 38.8 Å². The molecule has 0 saturated carbocycles. The number of aliphatic carboxylic acids is 1. The van der Waals surface area contributed by atoms with Gasteiger partial charge in [0, 0.05) is 25.0 Å². The van der Waals surface area contributed by atoms with Crippen molar-refractivity contribution in [3.63, 3.8) is 0 Å². The number of carboxylic acids is 1. The Morgan fingerprint density at radius 2 is 2.24 bits per heavy atom. The lowest BCUT2D eigenvalue weighted by Crippen LogP contribution is -2.28. The fourth-order valence-electron chi connectivity index (χ4n) is 1.89. The molecule has 0 aliphatic rings. The van der Waals surface area contributed by atoms with Gasteiger partial charge < -0.3 is 15.0 Å². The van der Waals surface area contributed by atoms with E-state index in [1.807, 2.05) is 30.1 Å². The third-order valence-electron chi connectivity index (χ3n) is 3.09. The van der Waals surface area contributed by atoms with Gasteiger partial charge in [-0.05, 0) is 38.9 Å². The molecular formula is C13H22N2O2. The average Bonchev–Trinajstić information content (AvgIpc) is 2.67. The summed E-state index contributed by atoms with van der Waals surface area (Å²) in [5.41, 5.74) is 0.466. The molecule has 1 atom stereocenters. The van der Waals surface area contributed by atoms with Crippen molar-refractivity contribution in [1.29, 1.82) is 0 Å². The number of nitrogens with zero attached hydrogens (tertiary/aromatic N) is 1. The Morgan fingerprint density at radius 3 is 2.71 bits per heavy atom. The number of carbonyl (C=O) groups is 1. The molecule has 0 saturated heterocycles. The van der Waals surface area contributed by atoms with E-state index in [-0.39, 0.29) is 0 Å². The van der Waals surface area contributed by atoms with Crippen molar-refractivity contribution < 1.29 is 9.90 Å². The second-order valence-corrected chi connectivity index (χ2v) is 5.06. The van der Waals surface area contributed by atoms with Gasteiger partial charge in [0.15, 0.2) is 0 Å². The quantitative estimate of drug-likeness (QED) is 0.799. The van der Waals surface area contributed by atoms with Crippen molar-refractivity contribution >= 4 is 5.97 Å². The van der Waals surface area contributed by atoms with E-state index in [2.05, 4.69) is 12.2 Å². The zero-order chi connectivity index (χ0) is 13.1. The Morgan fingerprint density at radius 1 is 1.59 bits per heavy atom. The first-order valence-corrected chi connectivity index (χ1v) is 5.97. The molecule has 1 aromatic heterocycles. The van der Waals surface area contributed by atoms with Gasteiger partial charge in [0.2, 0.25) is 0 Å². The number of rotatable bonds is 6. The van der Waals surface area contributed by atoms with Crippen molar-refractivity contribution in [2.24, 2.45) is 5.41 Å². The van der Waals surface area contributed by atoms with E-state index in [0.717, 1.165) is 6.42 Å². The molecule has 0 aliphatic carbocycles.